The lowest BCUT2D eigenvalue weighted by Crippen LogP contribution is -2.72. The van der Waals surface area contributed by atoms with Crippen LogP contribution in [0, 0.1) is 11.3 Å². The van der Waals surface area contributed by atoms with E-state index < -0.39 is 0 Å². The van der Waals surface area contributed by atoms with E-state index in [9.17, 15) is 10.1 Å². The van der Waals surface area contributed by atoms with Crippen LogP contribution in [0.1, 0.15) is 29.8 Å². The molecule has 2 fully saturated rings. The highest BCUT2D eigenvalue weighted by Gasteiger charge is 2.50. The zero-order chi connectivity index (χ0) is 15.7. The van der Waals surface area contributed by atoms with Crippen molar-refractivity contribution in [1.29, 1.82) is 5.26 Å². The van der Waals surface area contributed by atoms with E-state index in [0.717, 1.165) is 25.9 Å². The van der Waals surface area contributed by atoms with Gasteiger partial charge in [-0.1, -0.05) is 0 Å². The van der Waals surface area contributed by atoms with Gasteiger partial charge in [0.15, 0.2) is 0 Å². The van der Waals surface area contributed by atoms with Crippen molar-refractivity contribution in [2.45, 2.75) is 30.8 Å². The fourth-order valence-electron chi connectivity index (χ4n) is 3.50. The van der Waals surface area contributed by atoms with E-state index in [1.54, 1.807) is 24.0 Å². The van der Waals surface area contributed by atoms with E-state index >= 15 is 0 Å². The molecule has 22 heavy (non-hydrogen) atoms. The normalized spacial score (nSPS) is 22.1. The Morgan fingerprint density at radius 2 is 2.18 bits per heavy atom. The summed E-state index contributed by atoms with van der Waals surface area (Å²) in [5.74, 6) is -0.0118. The van der Waals surface area contributed by atoms with Gasteiger partial charge in [-0.2, -0.15) is 10.4 Å². The number of aromatic nitrogens is 2. The smallest absolute Gasteiger partial charge is 0.272 e. The fourth-order valence-corrected chi connectivity index (χ4v) is 3.50. The predicted molar refractivity (Wildman–Crippen MR) is 80.9 cm³/mol. The lowest BCUT2D eigenvalue weighted by molar-refractivity contribution is -0.0486. The molecule has 2 N–H and O–H groups in total. The minimum absolute atomic E-state index is 0.0118. The van der Waals surface area contributed by atoms with E-state index in [1.165, 1.54) is 0 Å². The zero-order valence-electron chi connectivity index (χ0n) is 12.9. The predicted octanol–water partition coefficient (Wildman–Crippen LogP) is -0.0485. The maximum Gasteiger partial charge on any atom is 0.272 e. The third-order valence-corrected chi connectivity index (χ3v) is 4.92. The van der Waals surface area contributed by atoms with Crippen LogP contribution in [-0.2, 0) is 7.05 Å². The van der Waals surface area contributed by atoms with Crippen LogP contribution in [0.25, 0.3) is 0 Å². The first-order chi connectivity index (χ1) is 10.6. The van der Waals surface area contributed by atoms with E-state index in [-0.39, 0.29) is 17.5 Å². The third kappa shape index (κ3) is 2.49. The van der Waals surface area contributed by atoms with Gasteiger partial charge >= 0.3 is 0 Å². The van der Waals surface area contributed by atoms with E-state index in [0.29, 0.717) is 25.2 Å². The number of hydrogen-bond donors (Lipinski definition) is 1. The SMILES string of the molecule is Cn1nccc1C(=O)N1CC(CC#N)(N2CCC(N)CC2)C1. The molecule has 2 aliphatic heterocycles. The number of nitrogens with zero attached hydrogens (tertiary/aromatic N) is 5. The summed E-state index contributed by atoms with van der Waals surface area (Å²) in [5.41, 5.74) is 6.36. The van der Waals surface area contributed by atoms with Gasteiger partial charge in [0.25, 0.3) is 5.91 Å². The van der Waals surface area contributed by atoms with Gasteiger partial charge in [0.2, 0.25) is 0 Å². The molecule has 0 atom stereocenters. The molecule has 1 amide bonds. The Hall–Kier alpha value is -1.91. The minimum atomic E-state index is -0.191. The van der Waals surface area contributed by atoms with Gasteiger partial charge in [0.05, 0.1) is 18.0 Å². The van der Waals surface area contributed by atoms with Crippen molar-refractivity contribution >= 4 is 5.91 Å². The Balaban J connectivity index is 1.68. The standard InChI is InChI=1S/C15H22N6O/c1-19-13(2-7-18-19)14(22)20-10-15(11-20,5-6-16)21-8-3-12(17)4-9-21/h2,7,12H,3-5,8-11,17H2,1H3. The fraction of sp³-hybridized carbons (Fsp3) is 0.667. The van der Waals surface area contributed by atoms with Crippen molar-refractivity contribution in [3.8, 4) is 6.07 Å². The molecule has 0 radical (unpaired) electrons. The van der Waals surface area contributed by atoms with Gasteiger partial charge in [0.1, 0.15) is 5.69 Å². The summed E-state index contributed by atoms with van der Waals surface area (Å²) < 4.78 is 1.59. The quantitative estimate of drug-likeness (QED) is 0.845. The largest absolute Gasteiger partial charge is 0.333 e. The lowest BCUT2D eigenvalue weighted by atomic mass is 9.82. The van der Waals surface area contributed by atoms with Crippen LogP contribution < -0.4 is 5.73 Å². The number of rotatable bonds is 3. The number of amides is 1. The number of aryl methyl sites for hydroxylation is 1. The van der Waals surface area contributed by atoms with Gasteiger partial charge < -0.3 is 10.6 Å². The van der Waals surface area contributed by atoms with E-state index in [4.69, 9.17) is 5.73 Å². The van der Waals surface area contributed by atoms with Crippen molar-refractivity contribution in [1.82, 2.24) is 19.6 Å². The van der Waals surface area contributed by atoms with Crippen molar-refractivity contribution in [3.05, 3.63) is 18.0 Å². The van der Waals surface area contributed by atoms with Gasteiger partial charge in [-0.15, -0.1) is 0 Å². The Morgan fingerprint density at radius 3 is 2.73 bits per heavy atom. The second-order valence-corrected chi connectivity index (χ2v) is 6.38. The topological polar surface area (TPSA) is 91.2 Å². The van der Waals surface area contributed by atoms with Crippen molar-refractivity contribution in [2.75, 3.05) is 26.2 Å². The van der Waals surface area contributed by atoms with Crippen LogP contribution >= 0.6 is 0 Å². The average molecular weight is 302 g/mol. The molecule has 0 aliphatic carbocycles. The minimum Gasteiger partial charge on any atom is -0.333 e. The first kappa shape index (κ1) is 15.0. The Labute approximate surface area is 130 Å². The number of carbonyl (C=O) groups excluding carboxylic acids is 1. The molecular formula is C15H22N6O. The van der Waals surface area contributed by atoms with Gasteiger partial charge in [-0.3, -0.25) is 14.4 Å². The summed E-state index contributed by atoms with van der Waals surface area (Å²) in [7, 11) is 1.77. The molecule has 1 aromatic rings. The summed E-state index contributed by atoms with van der Waals surface area (Å²) in [6.07, 6.45) is 4.00. The molecule has 2 aliphatic rings. The van der Waals surface area contributed by atoms with Crippen LogP contribution in [0.5, 0.6) is 0 Å². The van der Waals surface area contributed by atoms with Crippen LogP contribution in [-0.4, -0.2) is 63.2 Å². The molecule has 0 aromatic carbocycles. The van der Waals surface area contributed by atoms with Crippen molar-refractivity contribution < 1.29 is 4.79 Å². The highest BCUT2D eigenvalue weighted by atomic mass is 16.2. The average Bonchev–Trinajstić information content (AvgIpc) is 2.89. The molecule has 3 heterocycles. The molecule has 7 heteroatoms. The summed E-state index contributed by atoms with van der Waals surface area (Å²) in [6, 6.07) is 4.29. The summed E-state index contributed by atoms with van der Waals surface area (Å²) in [4.78, 5) is 16.6. The zero-order valence-corrected chi connectivity index (χ0v) is 12.9. The molecule has 0 bridgehead atoms. The number of hydrogen-bond acceptors (Lipinski definition) is 5. The number of nitriles is 1. The Kier molecular flexibility index (Phi) is 3.89. The second-order valence-electron chi connectivity index (χ2n) is 6.38. The van der Waals surface area contributed by atoms with Crippen LogP contribution in [0.4, 0.5) is 0 Å². The van der Waals surface area contributed by atoms with Crippen molar-refractivity contribution in [3.63, 3.8) is 0 Å². The molecule has 0 unspecified atom stereocenters. The van der Waals surface area contributed by atoms with Gasteiger partial charge in [-0.05, 0) is 18.9 Å². The Morgan fingerprint density at radius 1 is 1.50 bits per heavy atom. The van der Waals surface area contributed by atoms with Crippen LogP contribution in [0.15, 0.2) is 12.3 Å². The Bertz CT molecular complexity index is 589. The molecule has 3 rings (SSSR count). The molecule has 2 saturated heterocycles. The molecule has 1 aromatic heterocycles. The molecular weight excluding hydrogens is 280 g/mol. The molecule has 118 valence electrons. The number of nitrogens with two attached hydrogens (primary N) is 1. The first-order valence-corrected chi connectivity index (χ1v) is 7.70. The monoisotopic (exact) mass is 302 g/mol. The summed E-state index contributed by atoms with van der Waals surface area (Å²) in [5, 5.41) is 13.2. The van der Waals surface area contributed by atoms with Crippen molar-refractivity contribution in [2.24, 2.45) is 12.8 Å². The van der Waals surface area contributed by atoms with E-state index in [2.05, 4.69) is 16.1 Å². The van der Waals surface area contributed by atoms with Gasteiger partial charge in [0, 0.05) is 45.5 Å². The number of piperidine rings is 1. The van der Waals surface area contributed by atoms with Crippen LogP contribution in [0.2, 0.25) is 0 Å². The van der Waals surface area contributed by atoms with E-state index in [1.807, 2.05) is 4.90 Å². The number of likely N-dealkylation sites (tertiary alicyclic amines) is 2. The molecule has 7 nitrogen and oxygen atoms in total. The van der Waals surface area contributed by atoms with Gasteiger partial charge in [-0.25, -0.2) is 0 Å². The van der Waals surface area contributed by atoms with Crippen LogP contribution in [0.3, 0.4) is 0 Å². The maximum absolute atomic E-state index is 12.5. The first-order valence-electron chi connectivity index (χ1n) is 7.70. The molecule has 0 spiro atoms. The summed E-state index contributed by atoms with van der Waals surface area (Å²) >= 11 is 0. The highest BCUT2D eigenvalue weighted by molar-refractivity contribution is 5.93. The molecule has 0 saturated carbocycles. The highest BCUT2D eigenvalue weighted by Crippen LogP contribution is 2.34. The lowest BCUT2D eigenvalue weighted by Gasteiger charge is -2.56. The maximum atomic E-state index is 12.5. The number of carbonyl (C=O) groups is 1. The third-order valence-electron chi connectivity index (χ3n) is 4.92. The second kappa shape index (κ2) is 5.71. The summed E-state index contributed by atoms with van der Waals surface area (Å²) in [6.45, 7) is 3.05.